The first-order chi connectivity index (χ1) is 8.47. The number of hydrogen-bond acceptors (Lipinski definition) is 4. The van der Waals surface area contributed by atoms with E-state index in [1.165, 1.54) is 6.07 Å². The third kappa shape index (κ3) is 4.36. The summed E-state index contributed by atoms with van der Waals surface area (Å²) in [4.78, 5) is 0.253. The number of anilines is 1. The molecule has 0 saturated heterocycles. The second-order valence-corrected chi connectivity index (χ2v) is 6.70. The molecule has 0 saturated carbocycles. The van der Waals surface area contributed by atoms with Gasteiger partial charge < -0.3 is 5.73 Å². The Morgan fingerprint density at radius 2 is 2.22 bits per heavy atom. The Morgan fingerprint density at radius 1 is 1.50 bits per heavy atom. The van der Waals surface area contributed by atoms with E-state index in [-0.39, 0.29) is 4.90 Å². The smallest absolute Gasteiger partial charge is 0.240 e. The Balaban J connectivity index is 2.62. The standard InChI is InChI=1S/C12H18N2O2S2/c1-3-7-17-8-6-14-18(15,16)11-4-5-12(13)10(2)9-11/h3-5,9,14H,1,6-8,13H2,2H3. The number of thioether (sulfide) groups is 1. The quantitative estimate of drug-likeness (QED) is 0.455. The summed E-state index contributed by atoms with van der Waals surface area (Å²) >= 11 is 1.63. The predicted octanol–water partition coefficient (Wildman–Crippen LogP) is 1.77. The second-order valence-electron chi connectivity index (χ2n) is 3.78. The van der Waals surface area contributed by atoms with E-state index in [1.54, 1.807) is 36.9 Å². The van der Waals surface area contributed by atoms with Gasteiger partial charge in [-0.05, 0) is 30.7 Å². The molecule has 1 rings (SSSR count). The minimum atomic E-state index is -3.43. The molecule has 4 nitrogen and oxygen atoms in total. The number of hydrogen-bond donors (Lipinski definition) is 2. The van der Waals surface area contributed by atoms with E-state index >= 15 is 0 Å². The molecule has 0 aliphatic carbocycles. The van der Waals surface area contributed by atoms with Gasteiger partial charge in [-0.15, -0.1) is 6.58 Å². The van der Waals surface area contributed by atoms with Crippen LogP contribution in [0.4, 0.5) is 5.69 Å². The van der Waals surface area contributed by atoms with Crippen LogP contribution < -0.4 is 10.5 Å². The zero-order chi connectivity index (χ0) is 13.6. The molecular formula is C12H18N2O2S2. The maximum Gasteiger partial charge on any atom is 0.240 e. The highest BCUT2D eigenvalue weighted by molar-refractivity contribution is 7.99. The van der Waals surface area contributed by atoms with E-state index in [9.17, 15) is 8.42 Å². The van der Waals surface area contributed by atoms with Crippen molar-refractivity contribution in [1.29, 1.82) is 0 Å². The van der Waals surface area contributed by atoms with Crippen LogP contribution >= 0.6 is 11.8 Å². The zero-order valence-corrected chi connectivity index (χ0v) is 12.0. The number of nitrogens with two attached hydrogens (primary N) is 1. The molecule has 0 aliphatic heterocycles. The second kappa shape index (κ2) is 6.82. The van der Waals surface area contributed by atoms with Crippen LogP contribution in [-0.2, 0) is 10.0 Å². The topological polar surface area (TPSA) is 72.2 Å². The van der Waals surface area contributed by atoms with E-state index < -0.39 is 10.0 Å². The fourth-order valence-electron chi connectivity index (χ4n) is 1.31. The van der Waals surface area contributed by atoms with Crippen molar-refractivity contribution in [3.05, 3.63) is 36.4 Å². The van der Waals surface area contributed by atoms with E-state index in [1.807, 2.05) is 0 Å². The van der Waals surface area contributed by atoms with Gasteiger partial charge in [0.05, 0.1) is 4.90 Å². The highest BCUT2D eigenvalue weighted by Crippen LogP contribution is 2.16. The van der Waals surface area contributed by atoms with Gasteiger partial charge in [0.15, 0.2) is 0 Å². The summed E-state index contributed by atoms with van der Waals surface area (Å²) in [6.45, 7) is 5.79. The first-order valence-electron chi connectivity index (χ1n) is 5.52. The molecule has 3 N–H and O–H groups in total. The Hall–Kier alpha value is -0.980. The van der Waals surface area contributed by atoms with Crippen LogP contribution in [0.3, 0.4) is 0 Å². The Kier molecular flexibility index (Phi) is 5.71. The van der Waals surface area contributed by atoms with Crippen LogP contribution in [0.1, 0.15) is 5.56 Å². The van der Waals surface area contributed by atoms with Crippen LogP contribution in [0.15, 0.2) is 35.7 Å². The molecular weight excluding hydrogens is 268 g/mol. The maximum absolute atomic E-state index is 11.9. The lowest BCUT2D eigenvalue weighted by Crippen LogP contribution is -2.26. The first-order valence-corrected chi connectivity index (χ1v) is 8.15. The van der Waals surface area contributed by atoms with Gasteiger partial charge in [0.2, 0.25) is 10.0 Å². The molecule has 1 aromatic rings. The van der Waals surface area contributed by atoms with E-state index in [0.29, 0.717) is 12.2 Å². The van der Waals surface area contributed by atoms with Gasteiger partial charge in [-0.2, -0.15) is 11.8 Å². The minimum absolute atomic E-state index is 0.253. The van der Waals surface area contributed by atoms with Crippen molar-refractivity contribution in [3.8, 4) is 0 Å². The van der Waals surface area contributed by atoms with Gasteiger partial charge in [0.25, 0.3) is 0 Å². The molecule has 0 fully saturated rings. The molecule has 0 unspecified atom stereocenters. The average Bonchev–Trinajstić information content (AvgIpc) is 2.32. The van der Waals surface area contributed by atoms with Crippen molar-refractivity contribution in [2.75, 3.05) is 23.8 Å². The highest BCUT2D eigenvalue weighted by Gasteiger charge is 2.13. The van der Waals surface area contributed by atoms with E-state index in [0.717, 1.165) is 17.1 Å². The van der Waals surface area contributed by atoms with Gasteiger partial charge in [0, 0.05) is 23.7 Å². The van der Waals surface area contributed by atoms with Crippen LogP contribution in [-0.4, -0.2) is 26.5 Å². The summed E-state index contributed by atoms with van der Waals surface area (Å²) in [7, 11) is -3.43. The van der Waals surface area contributed by atoms with Gasteiger partial charge in [0.1, 0.15) is 0 Å². The normalized spacial score (nSPS) is 11.4. The van der Waals surface area contributed by atoms with Gasteiger partial charge in [-0.25, -0.2) is 13.1 Å². The average molecular weight is 286 g/mol. The Labute approximate surface area is 113 Å². The number of rotatable bonds is 7. The predicted molar refractivity (Wildman–Crippen MR) is 78.3 cm³/mol. The molecule has 0 spiro atoms. The maximum atomic E-state index is 11.9. The summed E-state index contributed by atoms with van der Waals surface area (Å²) in [6.07, 6.45) is 1.79. The summed E-state index contributed by atoms with van der Waals surface area (Å²) < 4.78 is 26.5. The zero-order valence-electron chi connectivity index (χ0n) is 10.3. The monoisotopic (exact) mass is 286 g/mol. The van der Waals surface area contributed by atoms with Crippen molar-refractivity contribution in [1.82, 2.24) is 4.72 Å². The van der Waals surface area contributed by atoms with Crippen LogP contribution in [0.5, 0.6) is 0 Å². The summed E-state index contributed by atoms with van der Waals surface area (Å²) in [5, 5.41) is 0. The van der Waals surface area contributed by atoms with E-state index in [4.69, 9.17) is 5.73 Å². The van der Waals surface area contributed by atoms with E-state index in [2.05, 4.69) is 11.3 Å². The summed E-state index contributed by atoms with van der Waals surface area (Å²) in [5.41, 5.74) is 7.01. The van der Waals surface area contributed by atoms with Crippen molar-refractivity contribution in [2.24, 2.45) is 0 Å². The molecule has 1 aromatic carbocycles. The van der Waals surface area contributed by atoms with Crippen LogP contribution in [0.25, 0.3) is 0 Å². The molecule has 6 heteroatoms. The fourth-order valence-corrected chi connectivity index (χ4v) is 3.14. The fraction of sp³-hybridized carbons (Fsp3) is 0.333. The highest BCUT2D eigenvalue weighted by atomic mass is 32.2. The first kappa shape index (κ1) is 15.1. The third-order valence-electron chi connectivity index (χ3n) is 2.33. The minimum Gasteiger partial charge on any atom is -0.399 e. The largest absolute Gasteiger partial charge is 0.399 e. The Bertz CT molecular complexity index is 513. The van der Waals surface area contributed by atoms with Crippen LogP contribution in [0.2, 0.25) is 0 Å². The SMILES string of the molecule is C=CCSCCNS(=O)(=O)c1ccc(N)c(C)c1. The van der Waals surface area contributed by atoms with Gasteiger partial charge >= 0.3 is 0 Å². The number of nitrogens with one attached hydrogen (secondary N) is 1. The number of aryl methyl sites for hydroxylation is 1. The molecule has 0 heterocycles. The number of sulfonamides is 1. The lowest BCUT2D eigenvalue weighted by atomic mass is 10.2. The number of nitrogen functional groups attached to an aromatic ring is 1. The van der Waals surface area contributed by atoms with Crippen LogP contribution in [0, 0.1) is 6.92 Å². The molecule has 0 radical (unpaired) electrons. The summed E-state index contributed by atoms with van der Waals surface area (Å²) in [6, 6.07) is 4.70. The molecule has 0 amide bonds. The molecule has 0 bridgehead atoms. The lowest BCUT2D eigenvalue weighted by molar-refractivity contribution is 0.584. The number of benzene rings is 1. The van der Waals surface area contributed by atoms with Gasteiger partial charge in [-0.1, -0.05) is 6.08 Å². The molecule has 0 atom stereocenters. The molecule has 0 aliphatic rings. The molecule has 18 heavy (non-hydrogen) atoms. The van der Waals surface area contributed by atoms with Gasteiger partial charge in [-0.3, -0.25) is 0 Å². The van der Waals surface area contributed by atoms with Crippen molar-refractivity contribution in [2.45, 2.75) is 11.8 Å². The van der Waals surface area contributed by atoms with Crippen molar-refractivity contribution >= 4 is 27.5 Å². The Morgan fingerprint density at radius 3 is 2.83 bits per heavy atom. The van der Waals surface area contributed by atoms with Crippen molar-refractivity contribution < 1.29 is 8.42 Å². The lowest BCUT2D eigenvalue weighted by Gasteiger charge is -2.08. The molecule has 100 valence electrons. The summed E-state index contributed by atoms with van der Waals surface area (Å²) in [5.74, 6) is 1.54. The molecule has 0 aromatic heterocycles. The van der Waals surface area contributed by atoms with Crippen molar-refractivity contribution in [3.63, 3.8) is 0 Å². The third-order valence-corrected chi connectivity index (χ3v) is 4.75.